The van der Waals surface area contributed by atoms with Crippen LogP contribution >= 0.6 is 0 Å². The van der Waals surface area contributed by atoms with Crippen molar-refractivity contribution in [1.82, 2.24) is 5.32 Å². The van der Waals surface area contributed by atoms with Crippen LogP contribution < -0.4 is 14.8 Å². The highest BCUT2D eigenvalue weighted by Gasteiger charge is 2.15. The van der Waals surface area contributed by atoms with Crippen molar-refractivity contribution in [2.24, 2.45) is 0 Å². The van der Waals surface area contributed by atoms with Gasteiger partial charge in [0.1, 0.15) is 17.2 Å². The number of carbonyl (C=O) groups is 1. The van der Waals surface area contributed by atoms with Crippen LogP contribution in [0.25, 0.3) is 0 Å². The summed E-state index contributed by atoms with van der Waals surface area (Å²) in [5.41, 5.74) is -0.338. The number of para-hydroxylation sites is 1. The molecule has 0 radical (unpaired) electrons. The van der Waals surface area contributed by atoms with Crippen LogP contribution in [0.15, 0.2) is 54.6 Å². The molecule has 0 fully saturated rings. The lowest BCUT2D eigenvalue weighted by atomic mass is 10.1. The number of amides is 1. The van der Waals surface area contributed by atoms with Gasteiger partial charge in [0.25, 0.3) is 0 Å². The van der Waals surface area contributed by atoms with E-state index in [2.05, 4.69) is 5.32 Å². The minimum absolute atomic E-state index is 0.338. The summed E-state index contributed by atoms with van der Waals surface area (Å²) >= 11 is 0. The van der Waals surface area contributed by atoms with Crippen LogP contribution in [0, 0.1) is 0 Å². The number of nitrogens with one attached hydrogen (secondary N) is 1. The maximum Gasteiger partial charge on any atom is 0.413 e. The quantitative estimate of drug-likeness (QED) is 0.911. The first-order chi connectivity index (χ1) is 9.92. The van der Waals surface area contributed by atoms with Crippen molar-refractivity contribution in [1.29, 1.82) is 0 Å². The molecule has 1 N–H and O–H groups in total. The van der Waals surface area contributed by atoms with E-state index >= 15 is 0 Å². The van der Waals surface area contributed by atoms with Gasteiger partial charge in [0.2, 0.25) is 0 Å². The molecule has 0 atom stereocenters. The van der Waals surface area contributed by atoms with Gasteiger partial charge in [0.15, 0.2) is 0 Å². The first kappa shape index (κ1) is 14.9. The molecule has 4 heteroatoms. The molecule has 2 rings (SSSR count). The van der Waals surface area contributed by atoms with E-state index in [0.29, 0.717) is 11.5 Å². The molecule has 0 aliphatic carbocycles. The van der Waals surface area contributed by atoms with Crippen LogP contribution in [-0.2, 0) is 0 Å². The summed E-state index contributed by atoms with van der Waals surface area (Å²) in [5.74, 6) is 1.78. The molecule has 0 heterocycles. The molecule has 0 aromatic heterocycles. The Balaban J connectivity index is 2.03. The molecule has 4 nitrogen and oxygen atoms in total. The van der Waals surface area contributed by atoms with Gasteiger partial charge in [-0.15, -0.1) is 0 Å². The summed E-state index contributed by atoms with van der Waals surface area (Å²) in [6.07, 6.45) is -0.487. The number of rotatable bonds is 3. The molecule has 0 saturated heterocycles. The zero-order valence-electron chi connectivity index (χ0n) is 12.4. The molecule has 0 unspecified atom stereocenters. The van der Waals surface area contributed by atoms with Gasteiger partial charge < -0.3 is 14.8 Å². The van der Waals surface area contributed by atoms with Gasteiger partial charge in [-0.05, 0) is 45.0 Å². The zero-order valence-corrected chi connectivity index (χ0v) is 12.4. The molecule has 0 aliphatic heterocycles. The molecular formula is C17H19NO3. The lowest BCUT2D eigenvalue weighted by molar-refractivity contribution is 0.190. The molecule has 2 aromatic carbocycles. The SMILES string of the molecule is CC(C)(C)NC(=O)Oc1cccc(Oc2ccccc2)c1. The van der Waals surface area contributed by atoms with E-state index in [1.165, 1.54) is 0 Å². The fourth-order valence-electron chi connectivity index (χ4n) is 1.66. The third kappa shape index (κ3) is 5.18. The molecule has 0 saturated carbocycles. The molecule has 0 aliphatic rings. The molecule has 0 bridgehead atoms. The van der Waals surface area contributed by atoms with E-state index in [-0.39, 0.29) is 5.54 Å². The van der Waals surface area contributed by atoms with Gasteiger partial charge in [-0.3, -0.25) is 0 Å². The average Bonchev–Trinajstić information content (AvgIpc) is 2.38. The highest BCUT2D eigenvalue weighted by atomic mass is 16.6. The second kappa shape index (κ2) is 6.31. The Morgan fingerprint density at radius 2 is 1.52 bits per heavy atom. The van der Waals surface area contributed by atoms with Gasteiger partial charge in [-0.1, -0.05) is 24.3 Å². The predicted molar refractivity (Wildman–Crippen MR) is 81.9 cm³/mol. The van der Waals surface area contributed by atoms with Gasteiger partial charge in [-0.2, -0.15) is 0 Å². The van der Waals surface area contributed by atoms with Gasteiger partial charge in [0.05, 0.1) is 0 Å². The Morgan fingerprint density at radius 3 is 2.19 bits per heavy atom. The summed E-state index contributed by atoms with van der Waals surface area (Å²) in [6, 6.07) is 16.4. The smallest absolute Gasteiger partial charge is 0.413 e. The Hall–Kier alpha value is -2.49. The predicted octanol–water partition coefficient (Wildman–Crippen LogP) is 4.37. The molecular weight excluding hydrogens is 266 g/mol. The average molecular weight is 285 g/mol. The van der Waals surface area contributed by atoms with Crippen LogP contribution in [0.2, 0.25) is 0 Å². The summed E-state index contributed by atoms with van der Waals surface area (Å²) < 4.78 is 10.9. The van der Waals surface area contributed by atoms with E-state index in [1.54, 1.807) is 18.2 Å². The van der Waals surface area contributed by atoms with Crippen molar-refractivity contribution < 1.29 is 14.3 Å². The summed E-state index contributed by atoms with van der Waals surface area (Å²) in [5, 5.41) is 2.73. The zero-order chi connectivity index (χ0) is 15.3. The number of hydrogen-bond acceptors (Lipinski definition) is 3. The normalized spacial score (nSPS) is 10.8. The monoisotopic (exact) mass is 285 g/mol. The van der Waals surface area contributed by atoms with Crippen LogP contribution in [0.4, 0.5) is 4.79 Å². The number of ether oxygens (including phenoxy) is 2. The summed E-state index contributed by atoms with van der Waals surface area (Å²) in [6.45, 7) is 5.68. The Kier molecular flexibility index (Phi) is 4.48. The number of carbonyl (C=O) groups excluding carboxylic acids is 1. The molecule has 21 heavy (non-hydrogen) atoms. The topological polar surface area (TPSA) is 47.6 Å². The van der Waals surface area contributed by atoms with Gasteiger partial charge in [0, 0.05) is 11.6 Å². The third-order valence-electron chi connectivity index (χ3n) is 2.47. The van der Waals surface area contributed by atoms with Crippen LogP contribution in [0.5, 0.6) is 17.2 Å². The number of hydrogen-bond donors (Lipinski definition) is 1. The Bertz CT molecular complexity index is 603. The second-order valence-corrected chi connectivity index (χ2v) is 5.65. The van der Waals surface area contributed by atoms with E-state index < -0.39 is 6.09 Å². The fourth-order valence-corrected chi connectivity index (χ4v) is 1.66. The van der Waals surface area contributed by atoms with E-state index in [4.69, 9.17) is 9.47 Å². The summed E-state index contributed by atoms with van der Waals surface area (Å²) in [7, 11) is 0. The molecule has 1 amide bonds. The van der Waals surface area contributed by atoms with E-state index in [0.717, 1.165) is 5.75 Å². The first-order valence-electron chi connectivity index (χ1n) is 6.75. The molecule has 110 valence electrons. The lowest BCUT2D eigenvalue weighted by Crippen LogP contribution is -2.42. The second-order valence-electron chi connectivity index (χ2n) is 5.65. The van der Waals surface area contributed by atoms with Gasteiger partial charge in [-0.25, -0.2) is 4.79 Å². The van der Waals surface area contributed by atoms with Crippen molar-refractivity contribution in [3.05, 3.63) is 54.6 Å². The number of benzene rings is 2. The highest BCUT2D eigenvalue weighted by Crippen LogP contribution is 2.25. The van der Waals surface area contributed by atoms with Crippen molar-refractivity contribution in [2.75, 3.05) is 0 Å². The van der Waals surface area contributed by atoms with E-state index in [9.17, 15) is 4.79 Å². The first-order valence-corrected chi connectivity index (χ1v) is 6.75. The largest absolute Gasteiger partial charge is 0.457 e. The van der Waals surface area contributed by atoms with Crippen molar-refractivity contribution in [3.63, 3.8) is 0 Å². The lowest BCUT2D eigenvalue weighted by Gasteiger charge is -2.19. The summed E-state index contributed by atoms with van der Waals surface area (Å²) in [4.78, 5) is 11.7. The minimum atomic E-state index is -0.487. The Labute approximate surface area is 124 Å². The van der Waals surface area contributed by atoms with Crippen molar-refractivity contribution >= 4 is 6.09 Å². The van der Waals surface area contributed by atoms with Gasteiger partial charge >= 0.3 is 6.09 Å². The van der Waals surface area contributed by atoms with E-state index in [1.807, 2.05) is 57.2 Å². The maximum absolute atomic E-state index is 11.7. The van der Waals surface area contributed by atoms with Crippen molar-refractivity contribution in [2.45, 2.75) is 26.3 Å². The maximum atomic E-state index is 11.7. The fraction of sp³-hybridized carbons (Fsp3) is 0.235. The molecule has 2 aromatic rings. The van der Waals surface area contributed by atoms with Crippen LogP contribution in [0.1, 0.15) is 20.8 Å². The van der Waals surface area contributed by atoms with Crippen molar-refractivity contribution in [3.8, 4) is 17.2 Å². The Morgan fingerprint density at radius 1 is 0.905 bits per heavy atom. The van der Waals surface area contributed by atoms with Crippen LogP contribution in [0.3, 0.4) is 0 Å². The standard InChI is InChI=1S/C17H19NO3/c1-17(2,3)18-16(19)21-15-11-7-10-14(12-15)20-13-8-5-4-6-9-13/h4-12H,1-3H3,(H,18,19). The van der Waals surface area contributed by atoms with Crippen LogP contribution in [-0.4, -0.2) is 11.6 Å². The molecule has 0 spiro atoms. The highest BCUT2D eigenvalue weighted by molar-refractivity contribution is 5.71. The minimum Gasteiger partial charge on any atom is -0.457 e. The third-order valence-corrected chi connectivity index (χ3v) is 2.47.